The summed E-state index contributed by atoms with van der Waals surface area (Å²) in [5, 5.41) is 7.80. The van der Waals surface area contributed by atoms with E-state index in [2.05, 4.69) is 35.8 Å². The zero-order valence-corrected chi connectivity index (χ0v) is 17.7. The maximum Gasteiger partial charge on any atom is 0.341 e. The molecule has 0 unspecified atom stereocenters. The Kier molecular flexibility index (Phi) is 6.50. The molecular formula is C21H26N2O2S2. The van der Waals surface area contributed by atoms with E-state index in [1.807, 2.05) is 6.92 Å². The van der Waals surface area contributed by atoms with Crippen LogP contribution >= 0.6 is 23.6 Å². The molecule has 1 aliphatic carbocycles. The summed E-state index contributed by atoms with van der Waals surface area (Å²) in [6.07, 6.45) is 6.68. The van der Waals surface area contributed by atoms with Gasteiger partial charge in [-0.15, -0.1) is 11.3 Å². The second-order valence-corrected chi connectivity index (χ2v) is 8.52. The number of nitrogens with one attached hydrogen (secondary N) is 2. The Bertz CT molecular complexity index is 858. The Hall–Kier alpha value is -1.92. The molecule has 0 fully saturated rings. The Morgan fingerprint density at radius 3 is 2.59 bits per heavy atom. The number of benzene rings is 1. The van der Waals surface area contributed by atoms with E-state index in [4.69, 9.17) is 17.0 Å². The molecule has 4 nitrogen and oxygen atoms in total. The highest BCUT2D eigenvalue weighted by Crippen LogP contribution is 2.37. The van der Waals surface area contributed by atoms with E-state index >= 15 is 0 Å². The van der Waals surface area contributed by atoms with E-state index in [0.717, 1.165) is 41.1 Å². The predicted molar refractivity (Wildman–Crippen MR) is 117 cm³/mol. The number of ether oxygens (including phenoxy) is 1. The number of methoxy groups -OCH3 is 1. The van der Waals surface area contributed by atoms with Crippen LogP contribution in [-0.4, -0.2) is 18.2 Å². The van der Waals surface area contributed by atoms with Crippen LogP contribution in [0.15, 0.2) is 18.2 Å². The first kappa shape index (κ1) is 19.8. The zero-order chi connectivity index (χ0) is 19.4. The average molecular weight is 403 g/mol. The van der Waals surface area contributed by atoms with Crippen molar-refractivity contribution in [3.63, 3.8) is 0 Å². The maximum atomic E-state index is 12.5. The third kappa shape index (κ3) is 4.68. The highest BCUT2D eigenvalue weighted by molar-refractivity contribution is 7.80. The van der Waals surface area contributed by atoms with Crippen LogP contribution < -0.4 is 10.6 Å². The molecule has 0 radical (unpaired) electrons. The minimum atomic E-state index is -0.287. The highest BCUT2D eigenvalue weighted by Gasteiger charge is 2.25. The number of anilines is 2. The van der Waals surface area contributed by atoms with Gasteiger partial charge in [0.2, 0.25) is 0 Å². The number of esters is 1. The fourth-order valence-corrected chi connectivity index (χ4v) is 5.01. The lowest BCUT2D eigenvalue weighted by atomic mass is 9.96. The van der Waals surface area contributed by atoms with Crippen LogP contribution in [0.2, 0.25) is 0 Å². The Balaban J connectivity index is 1.86. The van der Waals surface area contributed by atoms with Gasteiger partial charge < -0.3 is 15.4 Å². The third-order valence-electron chi connectivity index (χ3n) is 4.93. The van der Waals surface area contributed by atoms with Crippen molar-refractivity contribution < 1.29 is 9.53 Å². The zero-order valence-electron chi connectivity index (χ0n) is 16.1. The third-order valence-corrected chi connectivity index (χ3v) is 6.34. The average Bonchev–Trinajstić information content (AvgIpc) is 2.93. The standard InChI is InChI=1S/C21H26N2O2S2/c1-13-10-11-14(2)16(12-13)22-21(26)23-19-18(20(24)25-3)15-8-6-4-5-7-9-17(15)27-19/h10-12H,4-9H2,1-3H3,(H2,22,23,26). The molecule has 1 aliphatic rings. The van der Waals surface area contributed by atoms with Gasteiger partial charge in [0.05, 0.1) is 12.7 Å². The van der Waals surface area contributed by atoms with Crippen LogP contribution in [0.1, 0.15) is 57.6 Å². The number of thiophene rings is 1. The van der Waals surface area contributed by atoms with Crippen molar-refractivity contribution >= 4 is 45.3 Å². The Labute approximate surface area is 170 Å². The van der Waals surface area contributed by atoms with Crippen molar-refractivity contribution in [2.24, 2.45) is 0 Å². The SMILES string of the molecule is COC(=O)c1c(NC(=S)Nc2cc(C)ccc2C)sc2c1CCCCCC2. The first-order chi connectivity index (χ1) is 13.0. The van der Waals surface area contributed by atoms with Gasteiger partial charge in [0.25, 0.3) is 0 Å². The van der Waals surface area contributed by atoms with Gasteiger partial charge in [0.1, 0.15) is 5.00 Å². The summed E-state index contributed by atoms with van der Waals surface area (Å²) in [7, 11) is 1.44. The molecule has 144 valence electrons. The molecule has 27 heavy (non-hydrogen) atoms. The molecule has 0 aliphatic heterocycles. The van der Waals surface area contributed by atoms with Crippen molar-refractivity contribution in [3.8, 4) is 0 Å². The summed E-state index contributed by atoms with van der Waals surface area (Å²) in [4.78, 5) is 13.8. The van der Waals surface area contributed by atoms with E-state index in [0.29, 0.717) is 10.7 Å². The van der Waals surface area contributed by atoms with Crippen molar-refractivity contribution in [1.29, 1.82) is 0 Å². The quantitative estimate of drug-likeness (QED) is 0.515. The molecule has 3 rings (SSSR count). The maximum absolute atomic E-state index is 12.5. The molecule has 6 heteroatoms. The van der Waals surface area contributed by atoms with Crippen LogP contribution in [0.3, 0.4) is 0 Å². The van der Waals surface area contributed by atoms with Crippen LogP contribution in [0.25, 0.3) is 0 Å². The first-order valence-electron chi connectivity index (χ1n) is 9.37. The van der Waals surface area contributed by atoms with E-state index in [1.54, 1.807) is 11.3 Å². The summed E-state index contributed by atoms with van der Waals surface area (Å²) < 4.78 is 5.07. The van der Waals surface area contributed by atoms with Gasteiger partial charge in [-0.2, -0.15) is 0 Å². The van der Waals surface area contributed by atoms with E-state index in [9.17, 15) is 4.79 Å². The molecule has 0 atom stereocenters. The molecule has 0 saturated heterocycles. The van der Waals surface area contributed by atoms with Gasteiger partial charge in [0, 0.05) is 10.6 Å². The molecule has 1 aromatic heterocycles. The van der Waals surface area contributed by atoms with Gasteiger partial charge in [-0.05, 0) is 74.5 Å². The molecule has 0 saturated carbocycles. The fourth-order valence-electron chi connectivity index (χ4n) is 3.45. The summed E-state index contributed by atoms with van der Waals surface area (Å²) in [5.41, 5.74) is 5.06. The smallest absolute Gasteiger partial charge is 0.341 e. The number of hydrogen-bond donors (Lipinski definition) is 2. The van der Waals surface area contributed by atoms with Crippen molar-refractivity contribution in [1.82, 2.24) is 0 Å². The largest absolute Gasteiger partial charge is 0.465 e. The molecule has 2 N–H and O–H groups in total. The Morgan fingerprint density at radius 1 is 1.11 bits per heavy atom. The molecule has 1 aromatic carbocycles. The first-order valence-corrected chi connectivity index (χ1v) is 10.6. The molecule has 0 amide bonds. The number of carbonyl (C=O) groups is 1. The molecule has 1 heterocycles. The predicted octanol–water partition coefficient (Wildman–Crippen LogP) is 5.62. The normalized spacial score (nSPS) is 13.9. The number of carbonyl (C=O) groups excluding carboxylic acids is 1. The lowest BCUT2D eigenvalue weighted by molar-refractivity contribution is 0.0601. The minimum Gasteiger partial charge on any atom is -0.465 e. The molecule has 0 spiro atoms. The minimum absolute atomic E-state index is 0.287. The van der Waals surface area contributed by atoms with Crippen LogP contribution in [0, 0.1) is 13.8 Å². The van der Waals surface area contributed by atoms with Crippen molar-refractivity contribution in [2.75, 3.05) is 17.7 Å². The fraction of sp³-hybridized carbons (Fsp3) is 0.429. The number of hydrogen-bond acceptors (Lipinski definition) is 4. The summed E-state index contributed by atoms with van der Waals surface area (Å²) in [5.74, 6) is -0.287. The van der Waals surface area contributed by atoms with Crippen molar-refractivity contribution in [3.05, 3.63) is 45.3 Å². The monoisotopic (exact) mass is 402 g/mol. The van der Waals surface area contributed by atoms with Gasteiger partial charge >= 0.3 is 5.97 Å². The van der Waals surface area contributed by atoms with Crippen LogP contribution in [0.4, 0.5) is 10.7 Å². The summed E-state index contributed by atoms with van der Waals surface area (Å²) >= 11 is 7.16. The van der Waals surface area contributed by atoms with E-state index in [1.165, 1.54) is 36.8 Å². The summed E-state index contributed by atoms with van der Waals surface area (Å²) in [6.45, 7) is 4.09. The molecule has 2 aromatic rings. The van der Waals surface area contributed by atoms with Crippen LogP contribution in [-0.2, 0) is 17.6 Å². The number of rotatable bonds is 3. The number of thiocarbonyl (C=S) groups is 1. The van der Waals surface area contributed by atoms with E-state index in [-0.39, 0.29) is 5.97 Å². The summed E-state index contributed by atoms with van der Waals surface area (Å²) in [6, 6.07) is 6.21. The highest BCUT2D eigenvalue weighted by atomic mass is 32.1. The number of aryl methyl sites for hydroxylation is 3. The van der Waals surface area contributed by atoms with Gasteiger partial charge in [0.15, 0.2) is 5.11 Å². The lowest BCUT2D eigenvalue weighted by Gasteiger charge is -2.13. The van der Waals surface area contributed by atoms with Gasteiger partial charge in [-0.1, -0.05) is 25.0 Å². The second-order valence-electron chi connectivity index (χ2n) is 7.01. The van der Waals surface area contributed by atoms with Crippen LogP contribution in [0.5, 0.6) is 0 Å². The topological polar surface area (TPSA) is 50.4 Å². The Morgan fingerprint density at radius 2 is 1.85 bits per heavy atom. The van der Waals surface area contributed by atoms with Crippen molar-refractivity contribution in [2.45, 2.75) is 52.4 Å². The molecular weight excluding hydrogens is 376 g/mol. The van der Waals surface area contributed by atoms with E-state index < -0.39 is 0 Å². The number of fused-ring (bicyclic) bond motifs is 1. The lowest BCUT2D eigenvalue weighted by Crippen LogP contribution is -2.20. The molecule has 0 bridgehead atoms. The van der Waals surface area contributed by atoms with Gasteiger partial charge in [-0.3, -0.25) is 0 Å². The second kappa shape index (κ2) is 8.85. The van der Waals surface area contributed by atoms with Gasteiger partial charge in [-0.25, -0.2) is 4.79 Å².